The van der Waals surface area contributed by atoms with Crippen LogP contribution in [0.3, 0.4) is 0 Å². The summed E-state index contributed by atoms with van der Waals surface area (Å²) in [5.41, 5.74) is 1.23. The van der Waals surface area contributed by atoms with Gasteiger partial charge in [-0.15, -0.1) is 6.58 Å². The summed E-state index contributed by atoms with van der Waals surface area (Å²) < 4.78 is 0. The Morgan fingerprint density at radius 1 is 1.57 bits per heavy atom. The van der Waals surface area contributed by atoms with Crippen molar-refractivity contribution in [3.8, 4) is 0 Å². The molecule has 0 N–H and O–H groups in total. The lowest BCUT2D eigenvalue weighted by Gasteiger charge is -1.94. The van der Waals surface area contributed by atoms with E-state index < -0.39 is 0 Å². The lowest BCUT2D eigenvalue weighted by molar-refractivity contribution is 0.985. The van der Waals surface area contributed by atoms with Crippen LogP contribution in [0.25, 0.3) is 0 Å². The zero-order valence-corrected chi connectivity index (χ0v) is 9.26. The molecule has 74 valence electrons. The Hall–Kier alpha value is -1.02. The molecule has 0 aliphatic heterocycles. The number of thioether (sulfide) groups is 1. The Morgan fingerprint density at radius 3 is 3.07 bits per heavy atom. The van der Waals surface area contributed by atoms with Gasteiger partial charge in [-0.3, -0.25) is 0 Å². The van der Waals surface area contributed by atoms with Gasteiger partial charge < -0.3 is 0 Å². The van der Waals surface area contributed by atoms with Gasteiger partial charge in [-0.25, -0.2) is 4.98 Å². The third kappa shape index (κ3) is 4.87. The molecule has 1 aromatic rings. The van der Waals surface area contributed by atoms with E-state index in [0.29, 0.717) is 0 Å². The summed E-state index contributed by atoms with van der Waals surface area (Å²) in [5.74, 6) is 0. The lowest BCUT2D eigenvalue weighted by atomic mass is 10.2. The molecule has 0 radical (unpaired) electrons. The van der Waals surface area contributed by atoms with Gasteiger partial charge >= 0.3 is 0 Å². The standard InChI is InChI=1S/C12H15NS/c1-11(2)7-4-6-10-14-12-8-3-5-9-13-12/h3,5-6,8-10H,1,4,7H2,2H3/b10-6-. The van der Waals surface area contributed by atoms with Gasteiger partial charge in [0.05, 0.1) is 0 Å². The average Bonchev–Trinajstić information content (AvgIpc) is 2.18. The van der Waals surface area contributed by atoms with Crippen molar-refractivity contribution in [1.29, 1.82) is 0 Å². The highest BCUT2D eigenvalue weighted by Gasteiger charge is 1.88. The molecule has 0 unspecified atom stereocenters. The predicted molar refractivity (Wildman–Crippen MR) is 63.3 cm³/mol. The van der Waals surface area contributed by atoms with Crippen molar-refractivity contribution < 1.29 is 0 Å². The lowest BCUT2D eigenvalue weighted by Crippen LogP contribution is -1.73. The monoisotopic (exact) mass is 205 g/mol. The molecular formula is C12H15NS. The van der Waals surface area contributed by atoms with Gasteiger partial charge in [0.1, 0.15) is 5.03 Å². The fourth-order valence-corrected chi connectivity index (χ4v) is 1.58. The van der Waals surface area contributed by atoms with Crippen LogP contribution in [0.15, 0.2) is 53.1 Å². The first kappa shape index (κ1) is 11.1. The second kappa shape index (κ2) is 6.44. The molecule has 0 fully saturated rings. The maximum absolute atomic E-state index is 4.21. The van der Waals surface area contributed by atoms with Gasteiger partial charge in [-0.05, 0) is 37.3 Å². The van der Waals surface area contributed by atoms with Gasteiger partial charge in [-0.2, -0.15) is 0 Å². The number of hydrogen-bond donors (Lipinski definition) is 0. The molecule has 0 aliphatic rings. The molecule has 0 bridgehead atoms. The van der Waals surface area contributed by atoms with Gasteiger partial charge in [0, 0.05) is 6.20 Å². The van der Waals surface area contributed by atoms with E-state index in [4.69, 9.17) is 0 Å². The molecule has 1 nitrogen and oxygen atoms in total. The van der Waals surface area contributed by atoms with Crippen LogP contribution in [0.1, 0.15) is 19.8 Å². The number of hydrogen-bond acceptors (Lipinski definition) is 2. The van der Waals surface area contributed by atoms with Crippen molar-refractivity contribution in [2.45, 2.75) is 24.8 Å². The van der Waals surface area contributed by atoms with E-state index in [1.807, 2.05) is 24.4 Å². The highest BCUT2D eigenvalue weighted by atomic mass is 32.2. The molecular weight excluding hydrogens is 190 g/mol. The molecule has 1 heterocycles. The first-order valence-corrected chi connectivity index (χ1v) is 5.54. The van der Waals surface area contributed by atoms with E-state index in [1.54, 1.807) is 11.8 Å². The maximum Gasteiger partial charge on any atom is 0.100 e. The molecule has 0 saturated heterocycles. The van der Waals surface area contributed by atoms with Crippen LogP contribution in [0.2, 0.25) is 0 Å². The molecule has 14 heavy (non-hydrogen) atoms. The van der Waals surface area contributed by atoms with Gasteiger partial charge in [0.15, 0.2) is 0 Å². The zero-order chi connectivity index (χ0) is 10.2. The van der Waals surface area contributed by atoms with Crippen molar-refractivity contribution in [3.05, 3.63) is 48.0 Å². The third-order valence-corrected chi connectivity index (χ3v) is 2.47. The number of nitrogens with zero attached hydrogens (tertiary/aromatic N) is 1. The Bertz CT molecular complexity index is 303. The highest BCUT2D eigenvalue weighted by Crippen LogP contribution is 2.15. The van der Waals surface area contributed by atoms with Gasteiger partial charge in [-0.1, -0.05) is 29.5 Å². The molecule has 0 amide bonds. The van der Waals surface area contributed by atoms with Crippen LogP contribution < -0.4 is 0 Å². The van der Waals surface area contributed by atoms with Crippen LogP contribution in [-0.4, -0.2) is 4.98 Å². The molecule has 0 saturated carbocycles. The molecule has 0 spiro atoms. The quantitative estimate of drug-likeness (QED) is 0.531. The summed E-state index contributed by atoms with van der Waals surface area (Å²) in [6.45, 7) is 5.91. The van der Waals surface area contributed by atoms with Crippen LogP contribution in [-0.2, 0) is 0 Å². The minimum absolute atomic E-state index is 1.04. The van der Waals surface area contributed by atoms with Crippen molar-refractivity contribution in [3.63, 3.8) is 0 Å². The Kier molecular flexibility index (Phi) is 5.08. The number of rotatable bonds is 5. The summed E-state index contributed by atoms with van der Waals surface area (Å²) in [6, 6.07) is 5.93. The van der Waals surface area contributed by atoms with Crippen LogP contribution >= 0.6 is 11.8 Å². The normalized spacial score (nSPS) is 10.6. The van der Waals surface area contributed by atoms with Crippen molar-refractivity contribution in [2.75, 3.05) is 0 Å². The van der Waals surface area contributed by atoms with Gasteiger partial charge in [0.2, 0.25) is 0 Å². The van der Waals surface area contributed by atoms with E-state index >= 15 is 0 Å². The van der Waals surface area contributed by atoms with Gasteiger partial charge in [0.25, 0.3) is 0 Å². The molecule has 1 aromatic heterocycles. The number of allylic oxidation sites excluding steroid dienone is 2. The number of aromatic nitrogens is 1. The number of pyridine rings is 1. The fraction of sp³-hybridized carbons (Fsp3) is 0.250. The summed E-state index contributed by atoms with van der Waals surface area (Å²) >= 11 is 1.65. The second-order valence-corrected chi connectivity index (χ2v) is 4.08. The second-order valence-electron chi connectivity index (χ2n) is 3.15. The minimum atomic E-state index is 1.04. The smallest absolute Gasteiger partial charge is 0.100 e. The third-order valence-electron chi connectivity index (χ3n) is 1.66. The maximum atomic E-state index is 4.21. The predicted octanol–water partition coefficient (Wildman–Crippen LogP) is 4.04. The van der Waals surface area contributed by atoms with Crippen molar-refractivity contribution >= 4 is 11.8 Å². The molecule has 0 aromatic carbocycles. The molecule has 2 heteroatoms. The van der Waals surface area contributed by atoms with E-state index in [2.05, 4.69) is 30.0 Å². The van der Waals surface area contributed by atoms with E-state index in [1.165, 1.54) is 5.57 Å². The fourth-order valence-electron chi connectivity index (χ4n) is 0.932. The van der Waals surface area contributed by atoms with E-state index in [0.717, 1.165) is 17.9 Å². The Labute approximate surface area is 89.9 Å². The zero-order valence-electron chi connectivity index (χ0n) is 8.44. The minimum Gasteiger partial charge on any atom is -0.250 e. The van der Waals surface area contributed by atoms with Crippen molar-refractivity contribution in [2.24, 2.45) is 0 Å². The van der Waals surface area contributed by atoms with E-state index in [9.17, 15) is 0 Å². The molecule has 0 aliphatic carbocycles. The molecule has 1 rings (SSSR count). The molecule has 0 atom stereocenters. The highest BCUT2D eigenvalue weighted by molar-refractivity contribution is 8.02. The SMILES string of the molecule is C=C(C)CC/C=C\Sc1ccccn1. The van der Waals surface area contributed by atoms with Crippen LogP contribution in [0.5, 0.6) is 0 Å². The first-order chi connectivity index (χ1) is 6.79. The Balaban J connectivity index is 2.24. The van der Waals surface area contributed by atoms with E-state index in [-0.39, 0.29) is 0 Å². The summed E-state index contributed by atoms with van der Waals surface area (Å²) in [7, 11) is 0. The summed E-state index contributed by atoms with van der Waals surface area (Å²) in [6.07, 6.45) is 6.10. The Morgan fingerprint density at radius 2 is 2.43 bits per heavy atom. The average molecular weight is 205 g/mol. The first-order valence-electron chi connectivity index (χ1n) is 4.66. The van der Waals surface area contributed by atoms with Crippen molar-refractivity contribution in [1.82, 2.24) is 4.98 Å². The van der Waals surface area contributed by atoms with Crippen LogP contribution in [0, 0.1) is 0 Å². The summed E-state index contributed by atoms with van der Waals surface area (Å²) in [5, 5.41) is 3.13. The largest absolute Gasteiger partial charge is 0.250 e. The van der Waals surface area contributed by atoms with Crippen LogP contribution in [0.4, 0.5) is 0 Å². The summed E-state index contributed by atoms with van der Waals surface area (Å²) in [4.78, 5) is 4.21. The topological polar surface area (TPSA) is 12.9 Å².